The van der Waals surface area contributed by atoms with Gasteiger partial charge in [-0.3, -0.25) is 19.3 Å². The summed E-state index contributed by atoms with van der Waals surface area (Å²) in [5.41, 5.74) is 1.22. The van der Waals surface area contributed by atoms with E-state index in [1.165, 1.54) is 23.1 Å². The van der Waals surface area contributed by atoms with Crippen molar-refractivity contribution in [2.75, 3.05) is 49.7 Å². The maximum atomic E-state index is 12.7. The van der Waals surface area contributed by atoms with Gasteiger partial charge in [-0.2, -0.15) is 0 Å². The molecule has 1 N–H and O–H groups in total. The molecule has 2 heterocycles. The summed E-state index contributed by atoms with van der Waals surface area (Å²) in [5.74, 6) is -1.03. The van der Waals surface area contributed by atoms with Gasteiger partial charge in [0, 0.05) is 13.1 Å². The van der Waals surface area contributed by atoms with Crippen LogP contribution in [-0.4, -0.2) is 68.0 Å². The Labute approximate surface area is 209 Å². The number of piperidine rings is 1. The van der Waals surface area contributed by atoms with Gasteiger partial charge in [-0.15, -0.1) is 0 Å². The average molecular weight is 496 g/mol. The number of rotatable bonds is 8. The number of ether oxygens (including phenoxy) is 3. The number of nitrogens with one attached hydrogen (secondary N) is 1. The molecule has 2 aliphatic heterocycles. The van der Waals surface area contributed by atoms with Crippen molar-refractivity contribution in [1.82, 2.24) is 4.90 Å². The van der Waals surface area contributed by atoms with Crippen LogP contribution in [0.4, 0.5) is 11.4 Å². The molecule has 36 heavy (non-hydrogen) atoms. The number of amides is 3. The zero-order valence-corrected chi connectivity index (χ0v) is 20.2. The Morgan fingerprint density at radius 1 is 0.917 bits per heavy atom. The van der Waals surface area contributed by atoms with Crippen molar-refractivity contribution in [3.63, 3.8) is 0 Å². The van der Waals surface area contributed by atoms with Crippen LogP contribution in [0.5, 0.6) is 11.5 Å². The Morgan fingerprint density at radius 3 is 2.47 bits per heavy atom. The van der Waals surface area contributed by atoms with Gasteiger partial charge in [0.2, 0.25) is 5.91 Å². The topological polar surface area (TPSA) is 114 Å². The standard InChI is InChI=1S/C26H29N3O7/c1-2-34-22-14-18(10-11-21(22)35-16-24(31)28-12-6-3-7-13-28)26(33)36-17-25(32)29-15-23(30)27-19-8-4-5-9-20(19)29/h4-5,8-11,14H,2-3,6-7,12-13,15-17H2,1H3,(H,27,30). The monoisotopic (exact) mass is 495 g/mol. The smallest absolute Gasteiger partial charge is 0.338 e. The molecule has 0 radical (unpaired) electrons. The number of nitrogens with zero attached hydrogens (tertiary/aromatic N) is 2. The normalized spacial score (nSPS) is 15.0. The van der Waals surface area contributed by atoms with Crippen molar-refractivity contribution >= 4 is 35.1 Å². The number of likely N-dealkylation sites (tertiary alicyclic amines) is 1. The van der Waals surface area contributed by atoms with Crippen LogP contribution in [-0.2, 0) is 19.1 Å². The van der Waals surface area contributed by atoms with Crippen molar-refractivity contribution in [2.45, 2.75) is 26.2 Å². The second-order valence-electron chi connectivity index (χ2n) is 8.45. The first-order chi connectivity index (χ1) is 17.5. The third kappa shape index (κ3) is 5.94. The minimum Gasteiger partial charge on any atom is -0.490 e. The molecule has 1 saturated heterocycles. The average Bonchev–Trinajstić information content (AvgIpc) is 2.90. The first-order valence-electron chi connectivity index (χ1n) is 12.0. The summed E-state index contributed by atoms with van der Waals surface area (Å²) in [6.07, 6.45) is 3.11. The summed E-state index contributed by atoms with van der Waals surface area (Å²) in [6.45, 7) is 2.76. The Kier molecular flexibility index (Phi) is 8.04. The molecule has 2 aliphatic rings. The molecule has 4 rings (SSSR count). The Hall–Kier alpha value is -4.08. The van der Waals surface area contributed by atoms with Gasteiger partial charge in [-0.25, -0.2) is 4.79 Å². The predicted octanol–water partition coefficient (Wildman–Crippen LogP) is 2.62. The highest BCUT2D eigenvalue weighted by atomic mass is 16.5. The molecule has 10 heteroatoms. The molecule has 10 nitrogen and oxygen atoms in total. The van der Waals surface area contributed by atoms with E-state index in [-0.39, 0.29) is 30.5 Å². The maximum absolute atomic E-state index is 12.7. The molecular weight excluding hydrogens is 466 g/mol. The summed E-state index contributed by atoms with van der Waals surface area (Å²) in [6, 6.07) is 11.4. The third-order valence-corrected chi connectivity index (χ3v) is 5.94. The second-order valence-corrected chi connectivity index (χ2v) is 8.45. The maximum Gasteiger partial charge on any atom is 0.338 e. The van der Waals surface area contributed by atoms with Gasteiger partial charge in [0.1, 0.15) is 6.54 Å². The molecule has 190 valence electrons. The Balaban J connectivity index is 1.37. The van der Waals surface area contributed by atoms with Crippen LogP contribution in [0.3, 0.4) is 0 Å². The van der Waals surface area contributed by atoms with Crippen LogP contribution in [0.25, 0.3) is 0 Å². The summed E-state index contributed by atoms with van der Waals surface area (Å²) < 4.78 is 16.5. The molecule has 2 aromatic carbocycles. The van der Waals surface area contributed by atoms with E-state index in [1.54, 1.807) is 36.1 Å². The molecule has 2 aromatic rings. The lowest BCUT2D eigenvalue weighted by molar-refractivity contribution is -0.134. The summed E-state index contributed by atoms with van der Waals surface area (Å²) in [4.78, 5) is 52.8. The zero-order chi connectivity index (χ0) is 25.5. The number of para-hydroxylation sites is 2. The third-order valence-electron chi connectivity index (χ3n) is 5.94. The lowest BCUT2D eigenvalue weighted by atomic mass is 10.1. The van der Waals surface area contributed by atoms with Gasteiger partial charge in [-0.1, -0.05) is 12.1 Å². The molecule has 0 atom stereocenters. The van der Waals surface area contributed by atoms with Crippen LogP contribution in [0, 0.1) is 0 Å². The number of carbonyl (C=O) groups excluding carboxylic acids is 4. The first kappa shape index (κ1) is 25.0. The van der Waals surface area contributed by atoms with Crippen LogP contribution in [0.2, 0.25) is 0 Å². The number of hydrogen-bond acceptors (Lipinski definition) is 7. The Morgan fingerprint density at radius 2 is 1.69 bits per heavy atom. The quantitative estimate of drug-likeness (QED) is 0.560. The number of fused-ring (bicyclic) bond motifs is 1. The molecule has 0 aliphatic carbocycles. The van der Waals surface area contributed by atoms with Gasteiger partial charge >= 0.3 is 5.97 Å². The largest absolute Gasteiger partial charge is 0.490 e. The van der Waals surface area contributed by atoms with Gasteiger partial charge in [-0.05, 0) is 56.5 Å². The molecule has 0 bridgehead atoms. The summed E-state index contributed by atoms with van der Waals surface area (Å²) in [5, 5.41) is 2.70. The molecule has 0 aromatic heterocycles. The first-order valence-corrected chi connectivity index (χ1v) is 12.0. The highest BCUT2D eigenvalue weighted by Gasteiger charge is 2.27. The van der Waals surface area contributed by atoms with Gasteiger partial charge < -0.3 is 24.4 Å². The van der Waals surface area contributed by atoms with Crippen LogP contribution < -0.4 is 19.7 Å². The van der Waals surface area contributed by atoms with E-state index in [9.17, 15) is 19.2 Å². The number of esters is 1. The molecule has 3 amide bonds. The SMILES string of the molecule is CCOc1cc(C(=O)OCC(=O)N2CC(=O)Nc3ccccc32)ccc1OCC(=O)N1CCCCC1. The van der Waals surface area contributed by atoms with E-state index in [0.29, 0.717) is 29.5 Å². The van der Waals surface area contributed by atoms with Crippen molar-refractivity contribution in [2.24, 2.45) is 0 Å². The molecule has 0 spiro atoms. The molecule has 0 saturated carbocycles. The fraction of sp³-hybridized carbons (Fsp3) is 0.385. The number of benzene rings is 2. The number of hydrogen-bond donors (Lipinski definition) is 1. The summed E-state index contributed by atoms with van der Waals surface area (Å²) >= 11 is 0. The van der Waals surface area contributed by atoms with Crippen LogP contribution in [0.1, 0.15) is 36.5 Å². The molecule has 1 fully saturated rings. The highest BCUT2D eigenvalue weighted by Crippen LogP contribution is 2.30. The van der Waals surface area contributed by atoms with E-state index < -0.39 is 18.5 Å². The number of carbonyl (C=O) groups is 4. The van der Waals surface area contributed by atoms with E-state index in [1.807, 2.05) is 0 Å². The zero-order valence-electron chi connectivity index (χ0n) is 20.2. The van der Waals surface area contributed by atoms with E-state index >= 15 is 0 Å². The minimum atomic E-state index is -0.727. The van der Waals surface area contributed by atoms with Crippen molar-refractivity contribution in [3.05, 3.63) is 48.0 Å². The van der Waals surface area contributed by atoms with Crippen LogP contribution in [0.15, 0.2) is 42.5 Å². The van der Waals surface area contributed by atoms with Gasteiger partial charge in [0.05, 0.1) is 23.5 Å². The van der Waals surface area contributed by atoms with E-state index in [2.05, 4.69) is 5.32 Å². The van der Waals surface area contributed by atoms with Gasteiger partial charge in [0.25, 0.3) is 11.8 Å². The van der Waals surface area contributed by atoms with Crippen molar-refractivity contribution in [3.8, 4) is 11.5 Å². The van der Waals surface area contributed by atoms with E-state index in [0.717, 1.165) is 32.4 Å². The fourth-order valence-corrected chi connectivity index (χ4v) is 4.14. The fourth-order valence-electron chi connectivity index (χ4n) is 4.14. The molecule has 0 unspecified atom stereocenters. The lowest BCUT2D eigenvalue weighted by Gasteiger charge is -2.28. The van der Waals surface area contributed by atoms with E-state index in [4.69, 9.17) is 14.2 Å². The number of anilines is 2. The van der Waals surface area contributed by atoms with Crippen LogP contribution >= 0.6 is 0 Å². The second kappa shape index (κ2) is 11.6. The highest BCUT2D eigenvalue weighted by molar-refractivity contribution is 6.10. The Bertz CT molecular complexity index is 1140. The molecular formula is C26H29N3O7. The van der Waals surface area contributed by atoms with Crippen molar-refractivity contribution < 1.29 is 33.4 Å². The van der Waals surface area contributed by atoms with Crippen molar-refractivity contribution in [1.29, 1.82) is 0 Å². The summed E-state index contributed by atoms with van der Waals surface area (Å²) in [7, 11) is 0. The van der Waals surface area contributed by atoms with Gasteiger partial charge in [0.15, 0.2) is 24.7 Å². The lowest BCUT2D eigenvalue weighted by Crippen LogP contribution is -2.44. The predicted molar refractivity (Wildman–Crippen MR) is 131 cm³/mol. The minimum absolute atomic E-state index is 0.0906.